The second kappa shape index (κ2) is 6.37. The van der Waals surface area contributed by atoms with Gasteiger partial charge < -0.3 is 9.47 Å². The average Bonchev–Trinajstić information content (AvgIpc) is 2.76. The van der Waals surface area contributed by atoms with E-state index < -0.39 is 0 Å². The van der Waals surface area contributed by atoms with E-state index in [1.54, 1.807) is 0 Å². The number of hydrogen-bond acceptors (Lipinski definition) is 4. The first-order valence-corrected chi connectivity index (χ1v) is 8.17. The van der Waals surface area contributed by atoms with Crippen molar-refractivity contribution < 1.29 is 19.1 Å². The average molecular weight is 296 g/mol. The molecule has 0 aromatic carbocycles. The minimum atomic E-state index is -0.216. The summed E-state index contributed by atoms with van der Waals surface area (Å²) in [7, 11) is 0. The highest BCUT2D eigenvalue weighted by Crippen LogP contribution is 2.58. The van der Waals surface area contributed by atoms with Crippen molar-refractivity contribution in [3.05, 3.63) is 0 Å². The van der Waals surface area contributed by atoms with Gasteiger partial charge in [0, 0.05) is 25.2 Å². The van der Waals surface area contributed by atoms with Crippen LogP contribution in [0.5, 0.6) is 0 Å². The molecule has 2 rings (SSSR count). The van der Waals surface area contributed by atoms with E-state index in [0.29, 0.717) is 24.4 Å². The lowest BCUT2D eigenvalue weighted by atomic mass is 9.61. The summed E-state index contributed by atoms with van der Waals surface area (Å²) >= 11 is 0. The summed E-state index contributed by atoms with van der Waals surface area (Å²) in [6.07, 6.45) is 5.26. The van der Waals surface area contributed by atoms with Crippen molar-refractivity contribution in [1.29, 1.82) is 0 Å². The SMILES string of the molecule is CC(=O)OC[C@]12CCC[C@@H](OC(C)=O)C1CC[C@@H]2C(C)C. The summed E-state index contributed by atoms with van der Waals surface area (Å²) in [5.74, 6) is 1.02. The van der Waals surface area contributed by atoms with Crippen LogP contribution in [0.4, 0.5) is 0 Å². The van der Waals surface area contributed by atoms with Crippen molar-refractivity contribution in [3.8, 4) is 0 Å². The van der Waals surface area contributed by atoms with Crippen molar-refractivity contribution in [1.82, 2.24) is 0 Å². The highest BCUT2D eigenvalue weighted by Gasteiger charge is 2.56. The molecule has 0 radical (unpaired) electrons. The fourth-order valence-corrected chi connectivity index (χ4v) is 4.84. The summed E-state index contributed by atoms with van der Waals surface area (Å²) in [5, 5.41) is 0. The topological polar surface area (TPSA) is 52.6 Å². The summed E-state index contributed by atoms with van der Waals surface area (Å²) in [5.41, 5.74) is -0.00178. The molecule has 0 N–H and O–H groups in total. The molecule has 2 saturated carbocycles. The number of hydrogen-bond donors (Lipinski definition) is 0. The Kier molecular flexibility index (Phi) is 4.95. The van der Waals surface area contributed by atoms with Gasteiger partial charge in [-0.3, -0.25) is 9.59 Å². The minimum Gasteiger partial charge on any atom is -0.465 e. The van der Waals surface area contributed by atoms with Gasteiger partial charge in [-0.2, -0.15) is 0 Å². The van der Waals surface area contributed by atoms with Crippen molar-refractivity contribution >= 4 is 11.9 Å². The molecular weight excluding hydrogens is 268 g/mol. The highest BCUT2D eigenvalue weighted by molar-refractivity contribution is 5.66. The van der Waals surface area contributed by atoms with Gasteiger partial charge in [0.2, 0.25) is 0 Å². The Bertz CT molecular complexity index is 404. The number of ether oxygens (including phenoxy) is 2. The van der Waals surface area contributed by atoms with Gasteiger partial charge >= 0.3 is 11.9 Å². The van der Waals surface area contributed by atoms with Gasteiger partial charge in [0.25, 0.3) is 0 Å². The number of esters is 2. The van der Waals surface area contributed by atoms with Crippen LogP contribution in [0, 0.1) is 23.2 Å². The van der Waals surface area contributed by atoms with Gasteiger partial charge in [0.15, 0.2) is 0 Å². The van der Waals surface area contributed by atoms with Gasteiger partial charge in [-0.25, -0.2) is 0 Å². The second-order valence-corrected chi connectivity index (χ2v) is 7.09. The predicted molar refractivity (Wildman–Crippen MR) is 79.5 cm³/mol. The number of carbonyl (C=O) groups excluding carboxylic acids is 2. The monoisotopic (exact) mass is 296 g/mol. The van der Waals surface area contributed by atoms with Gasteiger partial charge in [0.1, 0.15) is 6.10 Å². The molecule has 4 heteroatoms. The smallest absolute Gasteiger partial charge is 0.302 e. The van der Waals surface area contributed by atoms with Gasteiger partial charge in [-0.1, -0.05) is 13.8 Å². The van der Waals surface area contributed by atoms with E-state index in [1.807, 2.05) is 0 Å². The first-order chi connectivity index (χ1) is 9.86. The van der Waals surface area contributed by atoms with E-state index in [-0.39, 0.29) is 23.5 Å². The van der Waals surface area contributed by atoms with E-state index in [2.05, 4.69) is 13.8 Å². The summed E-state index contributed by atoms with van der Waals surface area (Å²) in [6.45, 7) is 7.93. The molecule has 0 bridgehead atoms. The normalized spacial score (nSPS) is 35.4. The standard InChI is InChI=1S/C17H28O4/c1-11(2)14-7-8-15-16(21-13(4)19)6-5-9-17(14,15)10-20-12(3)18/h11,14-16H,5-10H2,1-4H3/t14-,15?,16-,17+/m1/s1. The van der Waals surface area contributed by atoms with E-state index in [4.69, 9.17) is 9.47 Å². The van der Waals surface area contributed by atoms with Crippen LogP contribution >= 0.6 is 0 Å². The van der Waals surface area contributed by atoms with Crippen LogP contribution in [0.3, 0.4) is 0 Å². The van der Waals surface area contributed by atoms with E-state index in [9.17, 15) is 9.59 Å². The Morgan fingerprint density at radius 3 is 2.43 bits per heavy atom. The van der Waals surface area contributed by atoms with Crippen molar-refractivity contribution in [2.24, 2.45) is 23.2 Å². The molecule has 2 aliphatic rings. The Hall–Kier alpha value is -1.06. The first kappa shape index (κ1) is 16.3. The molecule has 21 heavy (non-hydrogen) atoms. The fourth-order valence-electron chi connectivity index (χ4n) is 4.84. The van der Waals surface area contributed by atoms with Crippen molar-refractivity contribution in [3.63, 3.8) is 0 Å². The molecule has 0 amide bonds. The van der Waals surface area contributed by atoms with Crippen LogP contribution in [-0.2, 0) is 19.1 Å². The second-order valence-electron chi connectivity index (χ2n) is 7.09. The number of fused-ring (bicyclic) bond motifs is 1. The Balaban J connectivity index is 2.24. The van der Waals surface area contributed by atoms with Crippen molar-refractivity contribution in [2.75, 3.05) is 6.61 Å². The lowest BCUT2D eigenvalue weighted by Crippen LogP contribution is -2.48. The third kappa shape index (κ3) is 3.24. The van der Waals surface area contributed by atoms with E-state index >= 15 is 0 Å². The lowest BCUT2D eigenvalue weighted by Gasteiger charge is -2.47. The van der Waals surface area contributed by atoms with Crippen molar-refractivity contribution in [2.45, 2.75) is 65.9 Å². The first-order valence-electron chi connectivity index (χ1n) is 8.17. The zero-order valence-electron chi connectivity index (χ0n) is 13.7. The molecular formula is C17H28O4. The minimum absolute atomic E-state index is 0.00178. The quantitative estimate of drug-likeness (QED) is 0.747. The summed E-state index contributed by atoms with van der Waals surface area (Å²) in [6, 6.07) is 0. The van der Waals surface area contributed by atoms with Crippen LogP contribution in [0.15, 0.2) is 0 Å². The molecule has 0 saturated heterocycles. The summed E-state index contributed by atoms with van der Waals surface area (Å²) in [4.78, 5) is 22.7. The molecule has 0 spiro atoms. The van der Waals surface area contributed by atoms with E-state index in [1.165, 1.54) is 13.8 Å². The third-order valence-corrected chi connectivity index (χ3v) is 5.51. The van der Waals surface area contributed by atoms with Crippen LogP contribution in [0.25, 0.3) is 0 Å². The maximum Gasteiger partial charge on any atom is 0.302 e. The van der Waals surface area contributed by atoms with Gasteiger partial charge in [-0.15, -0.1) is 0 Å². The Morgan fingerprint density at radius 1 is 1.14 bits per heavy atom. The van der Waals surface area contributed by atoms with Crippen LogP contribution in [0.2, 0.25) is 0 Å². The van der Waals surface area contributed by atoms with Gasteiger partial charge in [0.05, 0.1) is 6.61 Å². The third-order valence-electron chi connectivity index (χ3n) is 5.51. The number of rotatable bonds is 4. The largest absolute Gasteiger partial charge is 0.465 e. The molecule has 2 fully saturated rings. The molecule has 4 atom stereocenters. The molecule has 120 valence electrons. The maximum absolute atomic E-state index is 11.4. The van der Waals surface area contributed by atoms with E-state index in [0.717, 1.165) is 32.1 Å². The predicted octanol–water partition coefficient (Wildman–Crippen LogP) is 3.33. The highest BCUT2D eigenvalue weighted by atomic mass is 16.5. The molecule has 4 nitrogen and oxygen atoms in total. The van der Waals surface area contributed by atoms with Gasteiger partial charge in [-0.05, 0) is 43.9 Å². The Labute approximate surface area is 127 Å². The molecule has 0 aliphatic heterocycles. The molecule has 0 heterocycles. The molecule has 0 aromatic heterocycles. The zero-order valence-corrected chi connectivity index (χ0v) is 13.7. The Morgan fingerprint density at radius 2 is 1.86 bits per heavy atom. The van der Waals surface area contributed by atoms with Crippen LogP contribution < -0.4 is 0 Å². The molecule has 2 aliphatic carbocycles. The fraction of sp³-hybridized carbons (Fsp3) is 0.882. The summed E-state index contributed by atoms with van der Waals surface area (Å²) < 4.78 is 11.0. The lowest BCUT2D eigenvalue weighted by molar-refractivity contribution is -0.165. The van der Waals surface area contributed by atoms with Crippen LogP contribution in [0.1, 0.15) is 59.8 Å². The van der Waals surface area contributed by atoms with Crippen LogP contribution in [-0.4, -0.2) is 24.6 Å². The molecule has 0 aromatic rings. The maximum atomic E-state index is 11.4. The molecule has 1 unspecified atom stereocenters. The number of carbonyl (C=O) groups is 2. The zero-order chi connectivity index (χ0) is 15.6.